The summed E-state index contributed by atoms with van der Waals surface area (Å²) in [6, 6.07) is 3.67. The van der Waals surface area contributed by atoms with Gasteiger partial charge in [-0.2, -0.15) is 0 Å². The van der Waals surface area contributed by atoms with E-state index in [-0.39, 0.29) is 34.2 Å². The number of rotatable bonds is 7. The lowest BCUT2D eigenvalue weighted by Gasteiger charge is -2.43. The zero-order chi connectivity index (χ0) is 31.2. The number of allylic oxidation sites excluding steroid dienone is 2. The number of phenols is 2. The molecule has 1 aliphatic carbocycles. The van der Waals surface area contributed by atoms with Crippen molar-refractivity contribution < 1.29 is 79.9 Å². The maximum Gasteiger partial charge on any atom is 0.229 e. The van der Waals surface area contributed by atoms with E-state index in [1.165, 1.54) is 24.3 Å². The normalized spacial score (nSPS) is 37.9. The van der Waals surface area contributed by atoms with Crippen molar-refractivity contribution in [3.05, 3.63) is 64.8 Å². The van der Waals surface area contributed by atoms with Gasteiger partial charge in [0.15, 0.2) is 29.3 Å². The van der Waals surface area contributed by atoms with Gasteiger partial charge in [0.25, 0.3) is 0 Å². The van der Waals surface area contributed by atoms with Crippen LogP contribution in [0.3, 0.4) is 0 Å². The molecule has 16 heteroatoms. The van der Waals surface area contributed by atoms with Gasteiger partial charge in [-0.15, -0.1) is 0 Å². The van der Waals surface area contributed by atoms with E-state index in [9.17, 15) is 56.2 Å². The van der Waals surface area contributed by atoms with Gasteiger partial charge in [-0.3, -0.25) is 0 Å². The molecule has 1 aromatic carbocycles. The molecule has 0 bridgehead atoms. The highest BCUT2D eigenvalue weighted by Gasteiger charge is 2.48. The molecule has 5 rings (SSSR count). The fourth-order valence-electron chi connectivity index (χ4n) is 4.94. The summed E-state index contributed by atoms with van der Waals surface area (Å²) in [5.74, 6) is -1.88. The van der Waals surface area contributed by atoms with Crippen LogP contribution in [-0.2, 0) is 23.7 Å². The Morgan fingerprint density at radius 2 is 1.37 bits per heavy atom. The van der Waals surface area contributed by atoms with Gasteiger partial charge in [-0.05, 0) is 24.3 Å². The molecule has 0 aromatic heterocycles. The van der Waals surface area contributed by atoms with Crippen molar-refractivity contribution in [1.82, 2.24) is 0 Å². The number of fused-ring (bicyclic) bond motifs is 1. The highest BCUT2D eigenvalue weighted by molar-refractivity contribution is 5.70. The van der Waals surface area contributed by atoms with Gasteiger partial charge in [0, 0.05) is 23.3 Å². The third kappa shape index (κ3) is 6.02. The van der Waals surface area contributed by atoms with E-state index in [0.717, 1.165) is 12.1 Å². The van der Waals surface area contributed by atoms with E-state index in [4.69, 9.17) is 23.7 Å². The lowest BCUT2D eigenvalue weighted by atomic mass is 9.96. The van der Waals surface area contributed by atoms with Crippen LogP contribution < -0.4 is 0 Å². The highest BCUT2D eigenvalue weighted by Crippen LogP contribution is 2.39. The zero-order valence-corrected chi connectivity index (χ0v) is 22.2. The average molecular weight is 613 g/mol. The zero-order valence-electron chi connectivity index (χ0n) is 22.2. The van der Waals surface area contributed by atoms with Gasteiger partial charge in [0.1, 0.15) is 66.5 Å². The van der Waals surface area contributed by atoms with Crippen LogP contribution in [0, 0.1) is 0 Å². The van der Waals surface area contributed by atoms with Crippen molar-refractivity contribution >= 4 is 5.76 Å². The average Bonchev–Trinajstić information content (AvgIpc) is 2.97. The van der Waals surface area contributed by atoms with Gasteiger partial charge in [-0.1, -0.05) is 0 Å². The Morgan fingerprint density at radius 1 is 0.721 bits per heavy atom. The first-order valence-corrected chi connectivity index (χ1v) is 13.1. The summed E-state index contributed by atoms with van der Waals surface area (Å²) >= 11 is 0. The molecule has 1 unspecified atom stereocenters. The number of aliphatic hydroxyl groups is 9. The number of phenolic OH excluding ortho intramolecular Hbond substituents is 2. The van der Waals surface area contributed by atoms with Gasteiger partial charge in [-0.25, -0.2) is 0 Å². The Labute approximate surface area is 243 Å². The van der Waals surface area contributed by atoms with Crippen LogP contribution in [0.25, 0.3) is 5.76 Å². The molecule has 16 nitrogen and oxygen atoms in total. The summed E-state index contributed by atoms with van der Waals surface area (Å²) in [7, 11) is 0. The van der Waals surface area contributed by atoms with Crippen molar-refractivity contribution in [2.75, 3.05) is 13.2 Å². The Kier molecular flexibility index (Phi) is 8.87. The van der Waals surface area contributed by atoms with Crippen molar-refractivity contribution in [1.29, 1.82) is 0 Å². The summed E-state index contributed by atoms with van der Waals surface area (Å²) in [4.78, 5) is 0. The summed E-state index contributed by atoms with van der Waals surface area (Å²) in [6.45, 7) is -1.30. The fourth-order valence-corrected chi connectivity index (χ4v) is 4.94. The number of hydrogen-bond donors (Lipinski definition) is 11. The first-order chi connectivity index (χ1) is 20.4. The van der Waals surface area contributed by atoms with Crippen molar-refractivity contribution in [2.24, 2.45) is 0 Å². The second kappa shape index (κ2) is 12.3. The number of aliphatic hydroxyl groups excluding tert-OH is 9. The maximum absolute atomic E-state index is 10.7. The van der Waals surface area contributed by atoms with Crippen molar-refractivity contribution in [2.45, 2.75) is 67.5 Å². The number of hydrogen-bond acceptors (Lipinski definition) is 16. The molecule has 11 atom stereocenters. The lowest BCUT2D eigenvalue weighted by Crippen LogP contribution is -2.61. The Hall–Kier alpha value is -3.42. The predicted octanol–water partition coefficient (Wildman–Crippen LogP) is -2.37. The van der Waals surface area contributed by atoms with Crippen LogP contribution in [0.5, 0.6) is 11.5 Å². The molecule has 236 valence electrons. The monoisotopic (exact) mass is 612 g/mol. The summed E-state index contributed by atoms with van der Waals surface area (Å²) < 4.78 is 28.2. The van der Waals surface area contributed by atoms with Gasteiger partial charge < -0.3 is 79.9 Å². The van der Waals surface area contributed by atoms with E-state index in [2.05, 4.69) is 0 Å². The number of aromatic hydroxyl groups is 2. The Morgan fingerprint density at radius 3 is 2.05 bits per heavy atom. The van der Waals surface area contributed by atoms with Gasteiger partial charge in [0.05, 0.1) is 13.2 Å². The van der Waals surface area contributed by atoms with E-state index in [1.54, 1.807) is 0 Å². The molecule has 0 saturated carbocycles. The third-order valence-corrected chi connectivity index (χ3v) is 7.39. The second-order valence-electron chi connectivity index (χ2n) is 10.3. The van der Waals surface area contributed by atoms with E-state index in [0.29, 0.717) is 0 Å². The van der Waals surface area contributed by atoms with Gasteiger partial charge in [0.2, 0.25) is 6.29 Å². The molecule has 0 spiro atoms. The topological polar surface area (TPSA) is 269 Å². The predicted molar refractivity (Wildman–Crippen MR) is 139 cm³/mol. The summed E-state index contributed by atoms with van der Waals surface area (Å²) in [5, 5.41) is 111. The molecular weight excluding hydrogens is 580 g/mol. The largest absolute Gasteiger partial charge is 0.508 e. The lowest BCUT2D eigenvalue weighted by molar-refractivity contribution is -0.327. The van der Waals surface area contributed by atoms with Crippen LogP contribution in [0.2, 0.25) is 0 Å². The quantitative estimate of drug-likeness (QED) is 0.144. The molecule has 3 aliphatic heterocycles. The van der Waals surface area contributed by atoms with Crippen LogP contribution in [-0.4, -0.2) is 137 Å². The Bertz CT molecular complexity index is 1320. The molecule has 2 saturated heterocycles. The minimum Gasteiger partial charge on any atom is -0.508 e. The molecule has 4 aliphatic rings. The van der Waals surface area contributed by atoms with Crippen molar-refractivity contribution in [3.63, 3.8) is 0 Å². The van der Waals surface area contributed by atoms with E-state index in [1.807, 2.05) is 0 Å². The molecular formula is C27H32O16. The molecule has 0 radical (unpaired) electrons. The third-order valence-electron chi connectivity index (χ3n) is 7.39. The van der Waals surface area contributed by atoms with Gasteiger partial charge >= 0.3 is 0 Å². The molecule has 11 N–H and O–H groups in total. The van der Waals surface area contributed by atoms with E-state index >= 15 is 0 Å². The fraction of sp³-hybridized carbons (Fsp3) is 0.481. The first-order valence-electron chi connectivity index (χ1n) is 13.1. The summed E-state index contributed by atoms with van der Waals surface area (Å²) in [6.07, 6.45) is -13.9. The smallest absolute Gasteiger partial charge is 0.229 e. The molecule has 2 fully saturated rings. The minimum absolute atomic E-state index is 0.0895. The minimum atomic E-state index is -1.85. The van der Waals surface area contributed by atoms with Crippen LogP contribution in [0.4, 0.5) is 0 Å². The Balaban J connectivity index is 1.40. The molecule has 3 heterocycles. The summed E-state index contributed by atoms with van der Waals surface area (Å²) in [5.41, 5.74) is 0.295. The maximum atomic E-state index is 10.7. The SMILES string of the molecule is OC[C@H]1O[C@@H](OC[C@H]2O[C@@H](OC3=C(c4ccc(O)c(O)c4)OC4C=C(O)C=C(O)C4=C3)[C@H](O)[C@@H](O)[C@@H]2O)[C@H](O)[C@@H](O)[C@@H]1O. The van der Waals surface area contributed by atoms with Crippen LogP contribution in [0.15, 0.2) is 59.3 Å². The molecule has 43 heavy (non-hydrogen) atoms. The van der Waals surface area contributed by atoms with Crippen LogP contribution in [0.1, 0.15) is 5.56 Å². The van der Waals surface area contributed by atoms with E-state index < -0.39 is 92.2 Å². The van der Waals surface area contributed by atoms with Crippen LogP contribution >= 0.6 is 0 Å². The number of ether oxygens (including phenoxy) is 5. The standard InChI is InChI=1S/C27H32O16/c28-7-17-19(33)21(35)23(37)26(42-17)39-8-18-20(34)22(36)24(38)27(43-18)41-16-6-11-13(31)4-10(29)5-15(11)40-25(16)9-1-2-12(30)14(32)3-9/h1-6,15,17-24,26-38H,7-8H2/t15?,17-,18-,19-,20-,21+,22+,23-,24-,26-,27-/m1/s1. The second-order valence-corrected chi connectivity index (χ2v) is 10.3. The van der Waals surface area contributed by atoms with Crippen molar-refractivity contribution in [3.8, 4) is 11.5 Å². The molecule has 1 aromatic rings. The highest BCUT2D eigenvalue weighted by atomic mass is 16.7. The first kappa shape index (κ1) is 31.0. The molecule has 0 amide bonds. The number of benzene rings is 1.